The van der Waals surface area contributed by atoms with Gasteiger partial charge in [-0.05, 0) is 48.4 Å². The lowest BCUT2D eigenvalue weighted by Gasteiger charge is -2.36. The molecule has 162 valence electrons. The molecule has 5 nitrogen and oxygen atoms in total. The first-order valence-corrected chi connectivity index (χ1v) is 11.5. The fourth-order valence-electron chi connectivity index (χ4n) is 4.39. The maximum atomic E-state index is 13.4. The SMILES string of the molecule is CC1=C(C(=O)OCC(C)C)[C@H](c2cccc(O)c2)C2=C(C[C@@H](c3cccs3)CC2=O)N1. The van der Waals surface area contributed by atoms with Crippen LogP contribution in [0.5, 0.6) is 5.75 Å². The molecule has 2 aromatic rings. The zero-order chi connectivity index (χ0) is 22.1. The molecule has 0 saturated carbocycles. The first kappa shape index (κ1) is 21.4. The van der Waals surface area contributed by atoms with Gasteiger partial charge < -0.3 is 15.2 Å². The van der Waals surface area contributed by atoms with Crippen molar-refractivity contribution in [3.05, 3.63) is 74.8 Å². The molecule has 0 radical (unpaired) electrons. The summed E-state index contributed by atoms with van der Waals surface area (Å²) in [6.07, 6.45) is 1.12. The number of nitrogens with one attached hydrogen (secondary N) is 1. The van der Waals surface area contributed by atoms with Crippen LogP contribution in [-0.4, -0.2) is 23.5 Å². The highest BCUT2D eigenvalue weighted by molar-refractivity contribution is 7.10. The molecule has 1 aromatic heterocycles. The Balaban J connectivity index is 1.77. The van der Waals surface area contributed by atoms with Gasteiger partial charge in [0.1, 0.15) is 5.75 Å². The van der Waals surface area contributed by atoms with Gasteiger partial charge in [-0.1, -0.05) is 32.0 Å². The Morgan fingerprint density at radius 2 is 2.06 bits per heavy atom. The number of ether oxygens (including phenoxy) is 1. The van der Waals surface area contributed by atoms with Crippen LogP contribution in [0.4, 0.5) is 0 Å². The minimum Gasteiger partial charge on any atom is -0.508 e. The number of esters is 1. The highest BCUT2D eigenvalue weighted by atomic mass is 32.1. The third-order valence-corrected chi connectivity index (χ3v) is 6.78. The van der Waals surface area contributed by atoms with Gasteiger partial charge in [-0.3, -0.25) is 4.79 Å². The van der Waals surface area contributed by atoms with Gasteiger partial charge in [0.05, 0.1) is 12.2 Å². The van der Waals surface area contributed by atoms with Crippen molar-refractivity contribution < 1.29 is 19.4 Å². The number of ketones is 1. The monoisotopic (exact) mass is 437 g/mol. The van der Waals surface area contributed by atoms with Gasteiger partial charge in [0, 0.05) is 40.1 Å². The Morgan fingerprint density at radius 1 is 1.26 bits per heavy atom. The van der Waals surface area contributed by atoms with E-state index in [9.17, 15) is 14.7 Å². The van der Waals surface area contributed by atoms with Gasteiger partial charge in [-0.25, -0.2) is 4.79 Å². The van der Waals surface area contributed by atoms with Crippen molar-refractivity contribution >= 4 is 23.1 Å². The van der Waals surface area contributed by atoms with E-state index in [0.29, 0.717) is 41.9 Å². The summed E-state index contributed by atoms with van der Waals surface area (Å²) in [7, 11) is 0. The molecule has 1 aliphatic heterocycles. The van der Waals surface area contributed by atoms with Crippen molar-refractivity contribution in [1.82, 2.24) is 5.32 Å². The van der Waals surface area contributed by atoms with Gasteiger partial charge in [-0.2, -0.15) is 0 Å². The van der Waals surface area contributed by atoms with Gasteiger partial charge in [0.15, 0.2) is 5.78 Å². The zero-order valence-electron chi connectivity index (χ0n) is 18.0. The molecular formula is C25H27NO4S. The standard InChI is InChI=1S/C25H27NO4S/c1-14(2)13-30-25(29)22-15(3)26-19-11-17(21-8-5-9-31-21)12-20(28)24(19)23(22)16-6-4-7-18(27)10-16/h4-10,14,17,23,26-27H,11-13H2,1-3H3/t17-,23+/m1/s1. The van der Waals surface area contributed by atoms with Crippen LogP contribution in [0.1, 0.15) is 55.9 Å². The van der Waals surface area contributed by atoms with Crippen LogP contribution in [0.25, 0.3) is 0 Å². The van der Waals surface area contributed by atoms with E-state index in [2.05, 4.69) is 11.4 Å². The number of phenols is 1. The Kier molecular flexibility index (Phi) is 6.01. The first-order chi connectivity index (χ1) is 14.8. The summed E-state index contributed by atoms with van der Waals surface area (Å²) in [5, 5.41) is 15.5. The summed E-state index contributed by atoms with van der Waals surface area (Å²) >= 11 is 1.66. The van der Waals surface area contributed by atoms with Crippen LogP contribution in [0.2, 0.25) is 0 Å². The minimum atomic E-state index is -0.556. The molecule has 0 saturated heterocycles. The van der Waals surface area contributed by atoms with Crippen LogP contribution >= 0.6 is 11.3 Å². The first-order valence-electron chi connectivity index (χ1n) is 10.6. The van der Waals surface area contributed by atoms with E-state index in [1.807, 2.05) is 38.3 Å². The summed E-state index contributed by atoms with van der Waals surface area (Å²) in [6, 6.07) is 10.9. The molecule has 0 bridgehead atoms. The van der Waals surface area contributed by atoms with Crippen LogP contribution in [0.3, 0.4) is 0 Å². The van der Waals surface area contributed by atoms with E-state index in [0.717, 1.165) is 5.70 Å². The lowest BCUT2D eigenvalue weighted by atomic mass is 9.72. The van der Waals surface area contributed by atoms with Crippen molar-refractivity contribution in [2.75, 3.05) is 6.61 Å². The average Bonchev–Trinajstić information content (AvgIpc) is 3.25. The van der Waals surface area contributed by atoms with E-state index in [4.69, 9.17) is 4.74 Å². The maximum Gasteiger partial charge on any atom is 0.336 e. The summed E-state index contributed by atoms with van der Waals surface area (Å²) in [5.74, 6) is -0.511. The molecule has 2 N–H and O–H groups in total. The Hall–Kier alpha value is -2.86. The summed E-state index contributed by atoms with van der Waals surface area (Å²) in [6.45, 7) is 6.13. The van der Waals surface area contributed by atoms with Gasteiger partial charge in [0.25, 0.3) is 0 Å². The van der Waals surface area contributed by atoms with Gasteiger partial charge >= 0.3 is 5.97 Å². The highest BCUT2D eigenvalue weighted by Crippen LogP contribution is 2.46. The predicted molar refractivity (Wildman–Crippen MR) is 121 cm³/mol. The number of benzene rings is 1. The van der Waals surface area contributed by atoms with Crippen LogP contribution in [0, 0.1) is 5.92 Å². The molecular weight excluding hydrogens is 410 g/mol. The molecule has 31 heavy (non-hydrogen) atoms. The second-order valence-corrected chi connectivity index (χ2v) is 9.60. The topological polar surface area (TPSA) is 75.6 Å². The number of dihydropyridines is 1. The molecule has 0 amide bonds. The Morgan fingerprint density at radius 3 is 2.74 bits per heavy atom. The van der Waals surface area contributed by atoms with Crippen LogP contribution in [-0.2, 0) is 14.3 Å². The lowest BCUT2D eigenvalue weighted by molar-refractivity contribution is -0.140. The number of aromatic hydroxyl groups is 1. The highest BCUT2D eigenvalue weighted by Gasteiger charge is 2.41. The second-order valence-electron chi connectivity index (χ2n) is 8.62. The predicted octanol–water partition coefficient (Wildman–Crippen LogP) is 5.01. The number of phenolic OH excluding ortho intramolecular Hbond substituents is 1. The molecule has 0 unspecified atom stereocenters. The molecule has 6 heteroatoms. The molecule has 0 fully saturated rings. The van der Waals surface area contributed by atoms with Gasteiger partial charge in [0.2, 0.25) is 0 Å². The van der Waals surface area contributed by atoms with E-state index in [1.165, 1.54) is 4.88 Å². The maximum absolute atomic E-state index is 13.4. The second kappa shape index (κ2) is 8.71. The number of Topliss-reactive ketones (excluding diaryl/α,β-unsaturated/α-hetero) is 1. The molecule has 2 heterocycles. The van der Waals surface area contributed by atoms with Crippen LogP contribution < -0.4 is 5.32 Å². The molecule has 1 aliphatic carbocycles. The normalized spacial score (nSPS) is 21.2. The van der Waals surface area contributed by atoms with Gasteiger partial charge in [-0.15, -0.1) is 11.3 Å². The van der Waals surface area contributed by atoms with Crippen molar-refractivity contribution in [2.45, 2.75) is 45.4 Å². The fraction of sp³-hybridized carbons (Fsp3) is 0.360. The number of carbonyl (C=O) groups excluding carboxylic acids is 2. The minimum absolute atomic E-state index is 0.0298. The van der Waals surface area contributed by atoms with E-state index in [1.54, 1.807) is 29.5 Å². The summed E-state index contributed by atoms with van der Waals surface area (Å²) in [4.78, 5) is 27.7. The third-order valence-electron chi connectivity index (χ3n) is 5.74. The smallest absolute Gasteiger partial charge is 0.336 e. The average molecular weight is 438 g/mol. The van der Waals surface area contributed by atoms with E-state index in [-0.39, 0.29) is 23.4 Å². The molecule has 1 aromatic carbocycles. The summed E-state index contributed by atoms with van der Waals surface area (Å²) < 4.78 is 5.56. The molecule has 4 rings (SSSR count). The number of hydrogen-bond donors (Lipinski definition) is 2. The van der Waals surface area contributed by atoms with E-state index < -0.39 is 11.9 Å². The molecule has 0 spiro atoms. The van der Waals surface area contributed by atoms with Crippen molar-refractivity contribution in [3.8, 4) is 5.75 Å². The number of thiophene rings is 1. The largest absolute Gasteiger partial charge is 0.508 e. The number of rotatable bonds is 5. The Labute approximate surface area is 186 Å². The molecule has 2 aliphatic rings. The Bertz CT molecular complexity index is 1060. The molecule has 2 atom stereocenters. The fourth-order valence-corrected chi connectivity index (χ4v) is 5.22. The number of hydrogen-bond acceptors (Lipinski definition) is 6. The summed E-state index contributed by atoms with van der Waals surface area (Å²) in [5.41, 5.74) is 3.32. The van der Waals surface area contributed by atoms with Crippen molar-refractivity contribution in [3.63, 3.8) is 0 Å². The van der Waals surface area contributed by atoms with E-state index >= 15 is 0 Å². The van der Waals surface area contributed by atoms with Crippen molar-refractivity contribution in [2.24, 2.45) is 5.92 Å². The zero-order valence-corrected chi connectivity index (χ0v) is 18.8. The van der Waals surface area contributed by atoms with Crippen molar-refractivity contribution in [1.29, 1.82) is 0 Å². The lowest BCUT2D eigenvalue weighted by Crippen LogP contribution is -2.36. The number of carbonyl (C=O) groups is 2. The number of allylic oxidation sites excluding steroid dienone is 3. The quantitative estimate of drug-likeness (QED) is 0.643. The van der Waals surface area contributed by atoms with Crippen LogP contribution in [0.15, 0.2) is 64.3 Å². The third kappa shape index (κ3) is 4.30.